The van der Waals surface area contributed by atoms with Crippen molar-refractivity contribution in [3.63, 3.8) is 0 Å². The lowest BCUT2D eigenvalue weighted by atomic mass is 9.91. The normalized spacial score (nSPS) is 12.4. The van der Waals surface area contributed by atoms with Crippen LogP contribution in [-0.4, -0.2) is 59.2 Å². The summed E-state index contributed by atoms with van der Waals surface area (Å²) in [6.45, 7) is 17.1. The number of hydrogen-bond donors (Lipinski definition) is 3. The minimum absolute atomic E-state index is 0.109. The molecule has 0 radical (unpaired) electrons. The van der Waals surface area contributed by atoms with E-state index >= 15 is 0 Å². The minimum Gasteiger partial charge on any atom is -0.383 e. The van der Waals surface area contributed by atoms with Gasteiger partial charge in [0.1, 0.15) is 42.1 Å². The van der Waals surface area contributed by atoms with Crippen molar-refractivity contribution < 1.29 is 0 Å². The van der Waals surface area contributed by atoms with Gasteiger partial charge in [-0.15, -0.1) is 0 Å². The summed E-state index contributed by atoms with van der Waals surface area (Å²) in [5.74, 6) is 1.48. The molecule has 0 unspecified atom stereocenters. The molecule has 0 aliphatic heterocycles. The largest absolute Gasteiger partial charge is 0.383 e. The zero-order chi connectivity index (χ0) is 48.6. The molecule has 5 aromatic carbocycles. The van der Waals surface area contributed by atoms with E-state index in [0.717, 1.165) is 77.4 Å². The number of aromatic nitrogens is 12. The molecule has 0 saturated carbocycles. The smallest absolute Gasteiger partial charge is 0.164 e. The van der Waals surface area contributed by atoms with Crippen LogP contribution in [0, 0.1) is 6.92 Å². The van der Waals surface area contributed by atoms with E-state index in [-0.39, 0.29) is 11.6 Å². The second kappa shape index (κ2) is 16.7. The number of hydrogen-bond acceptors (Lipinski definition) is 12. The molecular formula is C55H55N15. The third kappa shape index (κ3) is 7.67. The van der Waals surface area contributed by atoms with Crippen LogP contribution in [-0.2, 0) is 30.3 Å². The van der Waals surface area contributed by atoms with Gasteiger partial charge in [-0.3, -0.25) is 0 Å². The average molecular weight is 926 g/mol. The van der Waals surface area contributed by atoms with Crippen LogP contribution in [0.25, 0.3) is 65.9 Å². The summed E-state index contributed by atoms with van der Waals surface area (Å²) in [5, 5.41) is 25.9. The summed E-state index contributed by atoms with van der Waals surface area (Å²) >= 11 is 0. The van der Waals surface area contributed by atoms with Gasteiger partial charge < -0.3 is 16.8 Å². The van der Waals surface area contributed by atoms with Crippen LogP contribution in [0.15, 0.2) is 116 Å². The molecule has 0 spiro atoms. The SMILES string of the molecule is Cc1cccc(Cc2nn(C(C)(C)C)c3ncnc(Nc4ccc(-c5nn(C(C)(C)Cc6ccc7cccc(Cc8nn(C(C)C)c9ncnc(N)c89)c7c6)c6ncnc(N)c56)c5ccccc45)c23)c1. The standard InChI is InChI=1S/C55H55N15/c1-31(2)68-51-44(48(56)58-28-61-51)43(65-68)26-36-16-12-15-35-20-19-34(24-40(35)36)27-55(7,8)70-53-46(49(57)59-29-62-53)47(67-70)39-21-22-41(38-18-10-9-17-37(38)39)64-50-45-42(25-33-14-11-13-32(3)23-33)66-69(54(4,5)6)52(45)63-30-60-50/h9-24,28-31H,25-27H2,1-8H3,(H2,56,58,61)(H2,57,59,62)(H,60,63,64). The molecule has 0 aliphatic rings. The fraction of sp³-hybridized carbons (Fsp3) is 0.255. The molecule has 0 saturated heterocycles. The lowest BCUT2D eigenvalue weighted by molar-refractivity contribution is 0.327. The molecule has 350 valence electrons. The number of nitrogens with one attached hydrogen (secondary N) is 1. The van der Waals surface area contributed by atoms with E-state index < -0.39 is 5.54 Å². The fourth-order valence-electron chi connectivity index (χ4n) is 10.0. The monoisotopic (exact) mass is 925 g/mol. The van der Waals surface area contributed by atoms with Crippen LogP contribution in [0.2, 0.25) is 0 Å². The highest BCUT2D eigenvalue weighted by atomic mass is 15.4. The van der Waals surface area contributed by atoms with Crippen molar-refractivity contribution in [3.8, 4) is 11.3 Å². The maximum atomic E-state index is 6.79. The molecule has 0 amide bonds. The Kier molecular flexibility index (Phi) is 10.6. The first-order valence-corrected chi connectivity index (χ1v) is 23.7. The van der Waals surface area contributed by atoms with Gasteiger partial charge in [-0.1, -0.05) is 96.6 Å². The molecule has 0 atom stereocenters. The highest BCUT2D eigenvalue weighted by molar-refractivity contribution is 6.10. The third-order valence-corrected chi connectivity index (χ3v) is 13.2. The number of nitrogens with two attached hydrogens (primary N) is 2. The van der Waals surface area contributed by atoms with E-state index in [2.05, 4.69) is 161 Å². The number of nitrogens with zero attached hydrogens (tertiary/aromatic N) is 12. The van der Waals surface area contributed by atoms with Gasteiger partial charge in [-0.2, -0.15) is 15.3 Å². The lowest BCUT2D eigenvalue weighted by Gasteiger charge is -2.26. The Hall–Kier alpha value is -8.33. The van der Waals surface area contributed by atoms with E-state index in [1.807, 2.05) is 26.2 Å². The molecule has 0 fully saturated rings. The quantitative estimate of drug-likeness (QED) is 0.111. The fourth-order valence-corrected chi connectivity index (χ4v) is 10.0. The Morgan fingerprint density at radius 3 is 2.04 bits per heavy atom. The van der Waals surface area contributed by atoms with Gasteiger partial charge in [0.2, 0.25) is 0 Å². The molecule has 11 rings (SSSR count). The van der Waals surface area contributed by atoms with E-state index in [9.17, 15) is 0 Å². The molecule has 6 aromatic heterocycles. The Bertz CT molecular complexity index is 3830. The van der Waals surface area contributed by atoms with Crippen LogP contribution in [0.3, 0.4) is 0 Å². The van der Waals surface area contributed by atoms with Crippen LogP contribution in [0.5, 0.6) is 0 Å². The molecule has 70 heavy (non-hydrogen) atoms. The highest BCUT2D eigenvalue weighted by Crippen LogP contribution is 2.41. The van der Waals surface area contributed by atoms with Gasteiger partial charge >= 0.3 is 0 Å². The van der Waals surface area contributed by atoms with Gasteiger partial charge in [0.05, 0.1) is 38.6 Å². The topological polar surface area (TPSA) is 195 Å². The lowest BCUT2D eigenvalue weighted by Crippen LogP contribution is -2.30. The molecule has 15 heteroatoms. The number of rotatable bonds is 11. The minimum atomic E-state index is -0.554. The zero-order valence-corrected chi connectivity index (χ0v) is 40.7. The van der Waals surface area contributed by atoms with Crippen molar-refractivity contribution in [3.05, 3.63) is 150 Å². The predicted molar refractivity (Wildman–Crippen MR) is 280 cm³/mol. The summed E-state index contributed by atoms with van der Waals surface area (Å²) < 4.78 is 5.95. The maximum Gasteiger partial charge on any atom is 0.164 e. The van der Waals surface area contributed by atoms with Crippen LogP contribution in [0.4, 0.5) is 23.1 Å². The number of nitrogen functional groups attached to an aromatic ring is 2. The summed E-state index contributed by atoms with van der Waals surface area (Å²) in [4.78, 5) is 27.8. The van der Waals surface area contributed by atoms with Crippen molar-refractivity contribution in [1.29, 1.82) is 0 Å². The van der Waals surface area contributed by atoms with Crippen LogP contribution >= 0.6 is 0 Å². The molecule has 15 nitrogen and oxygen atoms in total. The third-order valence-electron chi connectivity index (χ3n) is 13.2. The van der Waals surface area contributed by atoms with Crippen LogP contribution < -0.4 is 16.8 Å². The van der Waals surface area contributed by atoms with E-state index in [1.165, 1.54) is 23.8 Å². The molecule has 6 heterocycles. The number of aryl methyl sites for hydroxylation is 1. The first-order chi connectivity index (χ1) is 33.6. The van der Waals surface area contributed by atoms with Crippen molar-refractivity contribution in [2.24, 2.45) is 0 Å². The Morgan fingerprint density at radius 1 is 0.586 bits per heavy atom. The van der Waals surface area contributed by atoms with Gasteiger partial charge in [0, 0.05) is 35.5 Å². The summed E-state index contributed by atoms with van der Waals surface area (Å²) in [6, 6.07) is 34.2. The molecule has 0 aliphatic carbocycles. The van der Waals surface area contributed by atoms with Crippen molar-refractivity contribution >= 4 is 77.8 Å². The van der Waals surface area contributed by atoms with E-state index in [0.29, 0.717) is 53.4 Å². The Labute approximate surface area is 405 Å². The zero-order valence-electron chi connectivity index (χ0n) is 40.7. The summed E-state index contributed by atoms with van der Waals surface area (Å²) in [6.07, 6.45) is 6.49. The van der Waals surface area contributed by atoms with Crippen molar-refractivity contribution in [2.75, 3.05) is 16.8 Å². The molecule has 0 bridgehead atoms. The van der Waals surface area contributed by atoms with Crippen molar-refractivity contribution in [2.45, 2.75) is 91.8 Å². The van der Waals surface area contributed by atoms with Crippen LogP contribution in [0.1, 0.15) is 88.1 Å². The summed E-state index contributed by atoms with van der Waals surface area (Å²) in [5.41, 5.74) is 23.5. The number of fused-ring (bicyclic) bond motifs is 5. The first kappa shape index (κ1) is 44.2. The average Bonchev–Trinajstić information content (AvgIpc) is 4.03. The van der Waals surface area contributed by atoms with E-state index in [4.69, 9.17) is 41.7 Å². The second-order valence-corrected chi connectivity index (χ2v) is 20.2. The highest BCUT2D eigenvalue weighted by Gasteiger charge is 2.30. The summed E-state index contributed by atoms with van der Waals surface area (Å²) in [7, 11) is 0. The van der Waals surface area contributed by atoms with Gasteiger partial charge in [0.25, 0.3) is 0 Å². The van der Waals surface area contributed by atoms with Gasteiger partial charge in [-0.25, -0.2) is 43.9 Å². The van der Waals surface area contributed by atoms with Gasteiger partial charge in [-0.05, 0) is 101 Å². The number of benzene rings is 5. The number of anilines is 4. The first-order valence-electron chi connectivity index (χ1n) is 23.7. The van der Waals surface area contributed by atoms with E-state index in [1.54, 1.807) is 6.33 Å². The molecule has 5 N–H and O–H groups in total. The second-order valence-electron chi connectivity index (χ2n) is 20.2. The molecule has 11 aromatic rings. The predicted octanol–water partition coefficient (Wildman–Crippen LogP) is 10.8. The molecular weight excluding hydrogens is 871 g/mol. The van der Waals surface area contributed by atoms with Gasteiger partial charge in [0.15, 0.2) is 16.9 Å². The van der Waals surface area contributed by atoms with Crippen molar-refractivity contribution in [1.82, 2.24) is 59.2 Å². The maximum absolute atomic E-state index is 6.79. The Balaban J connectivity index is 0.964. The Morgan fingerprint density at radius 2 is 1.29 bits per heavy atom.